The lowest BCUT2D eigenvalue weighted by Gasteiger charge is -1.97. The molecule has 0 saturated carbocycles. The average molecular weight is 179 g/mol. The molecule has 0 aliphatic carbocycles. The van der Waals surface area contributed by atoms with Crippen LogP contribution in [-0.2, 0) is 0 Å². The highest BCUT2D eigenvalue weighted by molar-refractivity contribution is 6.35. The van der Waals surface area contributed by atoms with E-state index < -0.39 is 11.2 Å². The van der Waals surface area contributed by atoms with Gasteiger partial charge in [-0.05, 0) is 0 Å². The first kappa shape index (κ1) is 9.11. The lowest BCUT2D eigenvalue weighted by atomic mass is 10.5. The molecule has 0 aromatic heterocycles. The molecule has 0 rings (SSSR count). The Kier molecular flexibility index (Phi) is 3.36. The first-order valence-corrected chi connectivity index (χ1v) is 2.87. The zero-order valence-electron chi connectivity index (χ0n) is 4.17. The fourth-order valence-electron chi connectivity index (χ4n) is 0.216. The summed E-state index contributed by atoms with van der Waals surface area (Å²) in [5.74, 6) is -0.304. The van der Waals surface area contributed by atoms with Crippen molar-refractivity contribution in [2.45, 2.75) is 6.18 Å². The quantitative estimate of drug-likeness (QED) is 0.542. The maximum Gasteiger partial charge on any atom is 0.410 e. The number of hydrogen-bond donors (Lipinski definition) is 0. The molecule has 0 saturated heterocycles. The monoisotopic (exact) mass is 178 g/mol. The summed E-state index contributed by atoms with van der Waals surface area (Å²) < 4.78 is 33.8. The molecule has 54 valence electrons. The number of hydrogen-bond acceptors (Lipinski definition) is 0. The van der Waals surface area contributed by atoms with Crippen LogP contribution in [0.4, 0.5) is 13.2 Å². The van der Waals surface area contributed by atoms with E-state index in [2.05, 4.69) is 0 Å². The van der Waals surface area contributed by atoms with E-state index in [1.165, 1.54) is 0 Å². The van der Waals surface area contributed by atoms with Crippen molar-refractivity contribution in [2.75, 3.05) is 5.88 Å². The van der Waals surface area contributed by atoms with Crippen LogP contribution in [0.3, 0.4) is 0 Å². The van der Waals surface area contributed by atoms with Crippen LogP contribution in [0.15, 0.2) is 11.1 Å². The van der Waals surface area contributed by atoms with Gasteiger partial charge in [0.2, 0.25) is 0 Å². The topological polar surface area (TPSA) is 0 Å². The van der Waals surface area contributed by atoms with E-state index in [1.807, 2.05) is 0 Å². The summed E-state index contributed by atoms with van der Waals surface area (Å²) in [5.41, 5.74) is 0. The third-order valence-electron chi connectivity index (χ3n) is 0.448. The molecule has 0 nitrogen and oxygen atoms in total. The van der Waals surface area contributed by atoms with E-state index in [0.717, 1.165) is 0 Å². The lowest BCUT2D eigenvalue weighted by molar-refractivity contribution is -0.0801. The molecule has 0 aliphatic rings. The minimum atomic E-state index is -4.36. The Balaban J connectivity index is 3.95. The molecule has 0 unspecified atom stereocenters. The number of allylic oxidation sites excluding steroid dienone is 2. The highest BCUT2D eigenvalue weighted by atomic mass is 35.5. The minimum absolute atomic E-state index is 0.0401. The van der Waals surface area contributed by atoms with Gasteiger partial charge in [-0.3, -0.25) is 0 Å². The van der Waals surface area contributed by atoms with E-state index in [9.17, 15) is 13.2 Å². The normalized spacial score (nSPS) is 14.1. The third-order valence-corrected chi connectivity index (χ3v) is 1.12. The molecule has 9 heavy (non-hydrogen) atoms. The second-order valence-corrected chi connectivity index (χ2v) is 2.02. The molecule has 0 heterocycles. The largest absolute Gasteiger partial charge is 0.410 e. The summed E-state index contributed by atoms with van der Waals surface area (Å²) in [6.07, 6.45) is -4.40. The number of halogens is 5. The summed E-state index contributed by atoms with van der Waals surface area (Å²) in [7, 11) is 0. The van der Waals surface area contributed by atoms with E-state index in [0.29, 0.717) is 0 Å². The molecular formula is C4H3Cl2F3. The maximum absolute atomic E-state index is 11.3. The summed E-state index contributed by atoms with van der Waals surface area (Å²) in [4.78, 5) is 0. The smallest absolute Gasteiger partial charge is 0.167 e. The molecule has 0 N–H and O–H groups in total. The summed E-state index contributed by atoms with van der Waals surface area (Å²) in [5, 5.41) is -0.399. The second kappa shape index (κ2) is 3.32. The SMILES string of the molecule is FC(F)(F)C=C(Cl)CCl. The fraction of sp³-hybridized carbons (Fsp3) is 0.500. The molecule has 0 aromatic carbocycles. The van der Waals surface area contributed by atoms with Crippen molar-refractivity contribution in [3.05, 3.63) is 11.1 Å². The Labute approximate surface area is 60.2 Å². The van der Waals surface area contributed by atoms with Gasteiger partial charge in [0.25, 0.3) is 0 Å². The van der Waals surface area contributed by atoms with Crippen molar-refractivity contribution in [2.24, 2.45) is 0 Å². The highest BCUT2D eigenvalue weighted by Crippen LogP contribution is 2.20. The molecular weight excluding hydrogens is 176 g/mol. The molecule has 0 radical (unpaired) electrons. The van der Waals surface area contributed by atoms with Gasteiger partial charge in [0.15, 0.2) is 0 Å². The van der Waals surface area contributed by atoms with Crippen LogP contribution in [0.5, 0.6) is 0 Å². The van der Waals surface area contributed by atoms with Crippen LogP contribution in [0.2, 0.25) is 0 Å². The van der Waals surface area contributed by atoms with Gasteiger partial charge in [-0.15, -0.1) is 11.6 Å². The van der Waals surface area contributed by atoms with Gasteiger partial charge < -0.3 is 0 Å². The van der Waals surface area contributed by atoms with Crippen LogP contribution in [0.1, 0.15) is 0 Å². The van der Waals surface area contributed by atoms with Crippen molar-refractivity contribution in [3.63, 3.8) is 0 Å². The highest BCUT2D eigenvalue weighted by Gasteiger charge is 2.23. The molecule has 0 aromatic rings. The Morgan fingerprint density at radius 1 is 1.44 bits per heavy atom. The van der Waals surface area contributed by atoms with Crippen molar-refractivity contribution in [1.82, 2.24) is 0 Å². The lowest BCUT2D eigenvalue weighted by Crippen LogP contribution is -2.02. The van der Waals surface area contributed by atoms with Gasteiger partial charge in [0, 0.05) is 11.1 Å². The van der Waals surface area contributed by atoms with Crippen molar-refractivity contribution < 1.29 is 13.2 Å². The van der Waals surface area contributed by atoms with Crippen molar-refractivity contribution >= 4 is 23.2 Å². The van der Waals surface area contributed by atoms with Gasteiger partial charge >= 0.3 is 6.18 Å². The van der Waals surface area contributed by atoms with Crippen LogP contribution < -0.4 is 0 Å². The maximum atomic E-state index is 11.3. The fourth-order valence-corrected chi connectivity index (χ4v) is 0.417. The molecule has 5 heteroatoms. The van der Waals surface area contributed by atoms with Crippen LogP contribution in [0.25, 0.3) is 0 Å². The summed E-state index contributed by atoms with van der Waals surface area (Å²) in [6.45, 7) is 0. The Bertz CT molecular complexity index is 115. The molecule has 0 bridgehead atoms. The zero-order chi connectivity index (χ0) is 7.49. The van der Waals surface area contributed by atoms with Gasteiger partial charge in [-0.25, -0.2) is 0 Å². The second-order valence-electron chi connectivity index (χ2n) is 1.27. The minimum Gasteiger partial charge on any atom is -0.167 e. The van der Waals surface area contributed by atoms with Crippen molar-refractivity contribution in [3.8, 4) is 0 Å². The Morgan fingerprint density at radius 3 is 2.00 bits per heavy atom. The summed E-state index contributed by atoms with van der Waals surface area (Å²) >= 11 is 9.92. The van der Waals surface area contributed by atoms with Gasteiger partial charge in [0.05, 0.1) is 5.88 Å². The predicted molar refractivity (Wildman–Crippen MR) is 30.7 cm³/mol. The molecule has 0 amide bonds. The van der Waals surface area contributed by atoms with Gasteiger partial charge in [0.1, 0.15) is 0 Å². The predicted octanol–water partition coefficient (Wildman–Crippen LogP) is 2.91. The van der Waals surface area contributed by atoms with E-state index in [1.54, 1.807) is 0 Å². The van der Waals surface area contributed by atoms with Crippen molar-refractivity contribution in [1.29, 1.82) is 0 Å². The average Bonchev–Trinajstić information content (AvgIpc) is 1.62. The van der Waals surface area contributed by atoms with Crippen LogP contribution in [0, 0.1) is 0 Å². The third kappa shape index (κ3) is 5.99. The molecule has 0 spiro atoms. The van der Waals surface area contributed by atoms with Gasteiger partial charge in [-0.2, -0.15) is 13.2 Å². The molecule has 0 aliphatic heterocycles. The Morgan fingerprint density at radius 2 is 1.89 bits per heavy atom. The molecule has 0 atom stereocenters. The van der Waals surface area contributed by atoms with E-state index in [4.69, 9.17) is 23.2 Å². The molecule has 0 fully saturated rings. The Hall–Kier alpha value is 0.110. The van der Waals surface area contributed by atoms with E-state index in [-0.39, 0.29) is 12.0 Å². The van der Waals surface area contributed by atoms with Gasteiger partial charge in [-0.1, -0.05) is 11.6 Å². The summed E-state index contributed by atoms with van der Waals surface area (Å²) in [6, 6.07) is 0. The van der Waals surface area contributed by atoms with Crippen LogP contribution >= 0.6 is 23.2 Å². The van der Waals surface area contributed by atoms with E-state index >= 15 is 0 Å². The number of rotatable bonds is 1. The first-order chi connectivity index (χ1) is 3.95. The zero-order valence-corrected chi connectivity index (χ0v) is 5.69. The number of alkyl halides is 4. The van der Waals surface area contributed by atoms with Crippen LogP contribution in [-0.4, -0.2) is 12.1 Å². The first-order valence-electron chi connectivity index (χ1n) is 1.95. The standard InChI is InChI=1S/C4H3Cl2F3/c5-2-3(6)1-4(7,8)9/h1H,2H2.